The summed E-state index contributed by atoms with van der Waals surface area (Å²) in [4.78, 5) is 0. The Labute approximate surface area is 195 Å². The molecule has 1 aliphatic rings. The van der Waals surface area contributed by atoms with Gasteiger partial charge in [0.05, 0.1) is 0 Å². The first-order chi connectivity index (χ1) is 14.4. The number of hydrogen-bond acceptors (Lipinski definition) is 0. The second-order valence-electron chi connectivity index (χ2n) is 11.6. The SMILES string of the molecule is Cc1ccccc1P(c1ccccc1C)[C@H](C)[C@@H]1CCCC1P(C(C)(C)C)C(C)(C)C. The van der Waals surface area contributed by atoms with Crippen LogP contribution in [0.3, 0.4) is 0 Å². The highest BCUT2D eigenvalue weighted by atomic mass is 31.1. The van der Waals surface area contributed by atoms with E-state index in [1.807, 2.05) is 0 Å². The molecule has 1 aliphatic carbocycles. The van der Waals surface area contributed by atoms with Crippen molar-refractivity contribution in [3.05, 3.63) is 59.7 Å². The van der Waals surface area contributed by atoms with Crippen molar-refractivity contribution in [3.63, 3.8) is 0 Å². The van der Waals surface area contributed by atoms with Crippen molar-refractivity contribution in [2.75, 3.05) is 0 Å². The van der Waals surface area contributed by atoms with Gasteiger partial charge in [0.25, 0.3) is 0 Å². The smallest absolute Gasteiger partial charge is 0.0123 e. The van der Waals surface area contributed by atoms with E-state index in [0.717, 1.165) is 11.6 Å². The highest BCUT2D eigenvalue weighted by Crippen LogP contribution is 2.68. The summed E-state index contributed by atoms with van der Waals surface area (Å²) >= 11 is 0. The lowest BCUT2D eigenvalue weighted by Gasteiger charge is -2.49. The van der Waals surface area contributed by atoms with Crippen molar-refractivity contribution in [2.24, 2.45) is 5.92 Å². The minimum Gasteiger partial charge on any atom is -0.0921 e. The summed E-state index contributed by atoms with van der Waals surface area (Å²) < 4.78 is 0. The first kappa shape index (κ1) is 24.9. The zero-order valence-corrected chi connectivity index (χ0v) is 23.2. The zero-order valence-electron chi connectivity index (χ0n) is 21.4. The Morgan fingerprint density at radius 2 is 1.19 bits per heavy atom. The zero-order chi connectivity index (χ0) is 23.0. The predicted molar refractivity (Wildman–Crippen MR) is 146 cm³/mol. The van der Waals surface area contributed by atoms with E-state index in [9.17, 15) is 0 Å². The van der Waals surface area contributed by atoms with Crippen molar-refractivity contribution in [1.82, 2.24) is 0 Å². The average Bonchev–Trinajstić information content (AvgIpc) is 3.11. The minimum atomic E-state index is -0.378. The van der Waals surface area contributed by atoms with E-state index >= 15 is 0 Å². The molecule has 0 bridgehead atoms. The van der Waals surface area contributed by atoms with Crippen LogP contribution in [0.1, 0.15) is 78.9 Å². The van der Waals surface area contributed by atoms with Crippen LogP contribution < -0.4 is 10.6 Å². The molecule has 31 heavy (non-hydrogen) atoms. The summed E-state index contributed by atoms with van der Waals surface area (Å²) in [6, 6.07) is 18.4. The van der Waals surface area contributed by atoms with E-state index in [-0.39, 0.29) is 15.8 Å². The second-order valence-corrected chi connectivity index (χ2v) is 18.2. The van der Waals surface area contributed by atoms with E-state index in [2.05, 4.69) is 111 Å². The first-order valence-corrected chi connectivity index (χ1v) is 14.9. The van der Waals surface area contributed by atoms with Crippen LogP contribution in [0.5, 0.6) is 0 Å². The third-order valence-corrected chi connectivity index (χ3v) is 14.5. The normalized spacial score (nSPS) is 21.1. The molecule has 0 N–H and O–H groups in total. The molecule has 0 radical (unpaired) electrons. The standard InChI is InChI=1S/C29H44P2/c1-21-15-10-12-18-25(21)30(26-19-13-11-16-22(26)2)23(3)24-17-14-20-27(24)31(28(4,5)6)29(7,8)9/h10-13,15-16,18-19,23-24,27H,14,17,20H2,1-9H3/t23-,24+,27?/m1/s1. The fraction of sp³-hybridized carbons (Fsp3) is 0.586. The molecule has 3 rings (SSSR count). The summed E-state index contributed by atoms with van der Waals surface area (Å²) in [5.74, 6) is 0.829. The number of aryl methyl sites for hydroxylation is 2. The molecule has 3 atom stereocenters. The molecule has 2 heteroatoms. The number of rotatable bonds is 5. The molecule has 2 aromatic rings. The molecule has 0 nitrogen and oxygen atoms in total. The largest absolute Gasteiger partial charge is 0.0921 e. The molecule has 0 aromatic heterocycles. The summed E-state index contributed by atoms with van der Waals surface area (Å²) in [5.41, 5.74) is 4.52. The van der Waals surface area contributed by atoms with Gasteiger partial charge in [-0.05, 0) is 83.9 Å². The molecule has 170 valence electrons. The first-order valence-electron chi connectivity index (χ1n) is 12.1. The van der Waals surface area contributed by atoms with Gasteiger partial charge in [0.2, 0.25) is 0 Å². The summed E-state index contributed by atoms with van der Waals surface area (Å²) in [5, 5.41) is 3.99. The molecule has 0 amide bonds. The molecule has 2 aromatic carbocycles. The number of benzene rings is 2. The van der Waals surface area contributed by atoms with Crippen LogP contribution in [-0.2, 0) is 0 Å². The molecular formula is C29H44P2. The Morgan fingerprint density at radius 3 is 1.61 bits per heavy atom. The Morgan fingerprint density at radius 1 is 0.742 bits per heavy atom. The van der Waals surface area contributed by atoms with Gasteiger partial charge in [-0.25, -0.2) is 0 Å². The summed E-state index contributed by atoms with van der Waals surface area (Å²) in [6.07, 6.45) is 4.25. The van der Waals surface area contributed by atoms with Gasteiger partial charge in [0, 0.05) is 0 Å². The second kappa shape index (κ2) is 9.65. The van der Waals surface area contributed by atoms with Crippen molar-refractivity contribution >= 4 is 26.5 Å². The molecule has 1 saturated carbocycles. The van der Waals surface area contributed by atoms with Gasteiger partial charge in [0.1, 0.15) is 0 Å². The molecule has 0 saturated heterocycles. The predicted octanol–water partition coefficient (Wildman–Crippen LogP) is 8.37. The van der Waals surface area contributed by atoms with E-state index in [1.54, 1.807) is 10.6 Å². The van der Waals surface area contributed by atoms with Crippen LogP contribution in [0, 0.1) is 19.8 Å². The van der Waals surface area contributed by atoms with E-state index in [4.69, 9.17) is 0 Å². The van der Waals surface area contributed by atoms with E-state index < -0.39 is 0 Å². The van der Waals surface area contributed by atoms with Gasteiger partial charge < -0.3 is 0 Å². The Hall–Kier alpha value is -0.700. The van der Waals surface area contributed by atoms with Gasteiger partial charge in [0.15, 0.2) is 0 Å². The lowest BCUT2D eigenvalue weighted by atomic mass is 10.0. The van der Waals surface area contributed by atoms with E-state index in [1.165, 1.54) is 30.4 Å². The maximum Gasteiger partial charge on any atom is -0.0123 e. The van der Waals surface area contributed by atoms with Gasteiger partial charge in [-0.3, -0.25) is 0 Å². The molecule has 0 spiro atoms. The van der Waals surface area contributed by atoms with Crippen LogP contribution >= 0.6 is 15.8 Å². The van der Waals surface area contributed by atoms with Crippen LogP contribution in [0.25, 0.3) is 0 Å². The molecule has 1 unspecified atom stereocenters. The van der Waals surface area contributed by atoms with Crippen LogP contribution in [0.4, 0.5) is 0 Å². The third kappa shape index (κ3) is 5.45. The Kier molecular flexibility index (Phi) is 7.77. The highest BCUT2D eigenvalue weighted by Gasteiger charge is 2.47. The average molecular weight is 455 g/mol. The maximum atomic E-state index is 2.60. The van der Waals surface area contributed by atoms with Crippen LogP contribution in [0.2, 0.25) is 0 Å². The van der Waals surface area contributed by atoms with Crippen LogP contribution in [0.15, 0.2) is 48.5 Å². The van der Waals surface area contributed by atoms with Crippen molar-refractivity contribution < 1.29 is 0 Å². The molecule has 0 heterocycles. The monoisotopic (exact) mass is 454 g/mol. The van der Waals surface area contributed by atoms with Crippen molar-refractivity contribution in [3.8, 4) is 0 Å². The van der Waals surface area contributed by atoms with Gasteiger partial charge in [-0.2, -0.15) is 0 Å². The van der Waals surface area contributed by atoms with Gasteiger partial charge in [-0.15, -0.1) is 0 Å². The fourth-order valence-corrected chi connectivity index (χ4v) is 14.9. The highest BCUT2D eigenvalue weighted by molar-refractivity contribution is 7.73. The molecule has 1 fully saturated rings. The Balaban J connectivity index is 2.08. The topological polar surface area (TPSA) is 0 Å². The minimum absolute atomic E-state index is 0.0832. The number of hydrogen-bond donors (Lipinski definition) is 0. The Bertz CT molecular complexity index is 811. The van der Waals surface area contributed by atoms with Crippen LogP contribution in [-0.4, -0.2) is 21.6 Å². The molecule has 0 aliphatic heterocycles. The summed E-state index contributed by atoms with van der Waals surface area (Å²) in [6.45, 7) is 22.3. The lowest BCUT2D eigenvalue weighted by molar-refractivity contribution is 0.531. The lowest BCUT2D eigenvalue weighted by Crippen LogP contribution is -2.37. The van der Waals surface area contributed by atoms with E-state index in [0.29, 0.717) is 16.0 Å². The maximum absolute atomic E-state index is 2.60. The fourth-order valence-electron chi connectivity index (χ4n) is 6.28. The quantitative estimate of drug-likeness (QED) is 0.398. The van der Waals surface area contributed by atoms with Gasteiger partial charge in [-0.1, -0.05) is 111 Å². The molecular weight excluding hydrogens is 410 g/mol. The summed E-state index contributed by atoms with van der Waals surface area (Å²) in [7, 11) is -0.461. The third-order valence-electron chi connectivity index (χ3n) is 7.09. The van der Waals surface area contributed by atoms with Crippen molar-refractivity contribution in [2.45, 2.75) is 103 Å². The van der Waals surface area contributed by atoms with Crippen molar-refractivity contribution in [1.29, 1.82) is 0 Å². The van der Waals surface area contributed by atoms with Gasteiger partial charge >= 0.3 is 0 Å².